The zero-order chi connectivity index (χ0) is 9.68. The third-order valence-electron chi connectivity index (χ3n) is 1.61. The summed E-state index contributed by atoms with van der Waals surface area (Å²) in [5.74, 6) is 0.375. The van der Waals surface area contributed by atoms with Gasteiger partial charge in [-0.15, -0.1) is 0 Å². The number of rotatable bonds is 4. The molecular formula is C9H12FNOS. The summed E-state index contributed by atoms with van der Waals surface area (Å²) in [6.45, 7) is -0.416. The molecule has 1 unspecified atom stereocenters. The smallest absolute Gasteiger partial charge is 0.0903 e. The van der Waals surface area contributed by atoms with E-state index in [0.717, 1.165) is 0 Å². The minimum Gasteiger partial charge on any atom is -0.399 e. The Hall–Kier alpha value is -0.900. The van der Waals surface area contributed by atoms with E-state index < -0.39 is 17.5 Å². The third-order valence-corrected chi connectivity index (χ3v) is 3.06. The zero-order valence-corrected chi connectivity index (χ0v) is 8.02. The van der Waals surface area contributed by atoms with E-state index in [4.69, 9.17) is 5.73 Å². The number of nitrogens with two attached hydrogens (primary N) is 1. The van der Waals surface area contributed by atoms with Gasteiger partial charge in [-0.3, -0.25) is 8.60 Å². The van der Waals surface area contributed by atoms with E-state index in [1.807, 2.05) is 0 Å². The Kier molecular flexibility index (Phi) is 3.89. The fourth-order valence-corrected chi connectivity index (χ4v) is 1.97. The number of halogens is 1. The molecule has 2 N–H and O–H groups in total. The third kappa shape index (κ3) is 3.14. The standard InChI is InChI=1S/C9H12FNOS/c10-6-1-7-13(12)9-4-2-8(11)3-5-9/h2-5H,1,6-7,11H2. The molecular weight excluding hydrogens is 189 g/mol. The fraction of sp³-hybridized carbons (Fsp3) is 0.333. The topological polar surface area (TPSA) is 43.1 Å². The molecule has 1 rings (SSSR count). The summed E-state index contributed by atoms with van der Waals surface area (Å²) < 4.78 is 23.2. The minimum absolute atomic E-state index is 0.344. The number of hydrogen-bond donors (Lipinski definition) is 1. The van der Waals surface area contributed by atoms with Crippen LogP contribution in [0.25, 0.3) is 0 Å². The Labute approximate surface area is 79.4 Å². The lowest BCUT2D eigenvalue weighted by atomic mass is 10.3. The molecule has 1 aromatic carbocycles. The molecule has 4 heteroatoms. The van der Waals surface area contributed by atoms with Crippen molar-refractivity contribution in [3.8, 4) is 0 Å². The van der Waals surface area contributed by atoms with Gasteiger partial charge in [-0.05, 0) is 30.7 Å². The SMILES string of the molecule is Nc1ccc(S(=O)CCCF)cc1. The second-order valence-electron chi connectivity index (χ2n) is 2.66. The highest BCUT2D eigenvalue weighted by atomic mass is 32.2. The number of alkyl halides is 1. The van der Waals surface area contributed by atoms with Gasteiger partial charge >= 0.3 is 0 Å². The first-order chi connectivity index (χ1) is 6.24. The molecule has 1 atom stereocenters. The predicted octanol–water partition coefficient (Wildman–Crippen LogP) is 1.74. The van der Waals surface area contributed by atoms with Crippen LogP contribution < -0.4 is 5.73 Å². The van der Waals surface area contributed by atoms with Gasteiger partial charge in [-0.25, -0.2) is 0 Å². The van der Waals surface area contributed by atoms with Crippen LogP contribution in [-0.4, -0.2) is 16.6 Å². The molecule has 0 amide bonds. The summed E-state index contributed by atoms with van der Waals surface area (Å²) in [5, 5.41) is 0. The highest BCUT2D eigenvalue weighted by Gasteiger charge is 2.02. The largest absolute Gasteiger partial charge is 0.399 e. The van der Waals surface area contributed by atoms with Gasteiger partial charge in [-0.2, -0.15) is 0 Å². The van der Waals surface area contributed by atoms with Crippen molar-refractivity contribution < 1.29 is 8.60 Å². The number of nitrogen functional groups attached to an aromatic ring is 1. The van der Waals surface area contributed by atoms with Gasteiger partial charge in [0.2, 0.25) is 0 Å². The molecule has 1 aromatic rings. The molecule has 0 heterocycles. The fourth-order valence-electron chi connectivity index (χ4n) is 0.923. The molecule has 0 saturated carbocycles. The summed E-state index contributed by atoms with van der Waals surface area (Å²) in [6, 6.07) is 6.82. The summed E-state index contributed by atoms with van der Waals surface area (Å²) in [6.07, 6.45) is 0.344. The van der Waals surface area contributed by atoms with Crippen molar-refractivity contribution in [2.75, 3.05) is 18.2 Å². The first kappa shape index (κ1) is 10.2. The van der Waals surface area contributed by atoms with Crippen LogP contribution in [0.15, 0.2) is 29.2 Å². The van der Waals surface area contributed by atoms with E-state index in [9.17, 15) is 8.60 Å². The van der Waals surface area contributed by atoms with Crippen LogP contribution in [0.1, 0.15) is 6.42 Å². The van der Waals surface area contributed by atoms with Crippen LogP contribution in [-0.2, 0) is 10.8 Å². The van der Waals surface area contributed by atoms with E-state index in [1.54, 1.807) is 24.3 Å². The highest BCUT2D eigenvalue weighted by Crippen LogP contribution is 2.10. The molecule has 0 fully saturated rings. The Balaban J connectivity index is 2.61. The van der Waals surface area contributed by atoms with Crippen LogP contribution in [0, 0.1) is 0 Å². The summed E-state index contributed by atoms with van der Waals surface area (Å²) in [4.78, 5) is 0.711. The Morgan fingerprint density at radius 1 is 1.31 bits per heavy atom. The molecule has 13 heavy (non-hydrogen) atoms. The molecule has 72 valence electrons. The Bertz CT molecular complexity index is 286. The second kappa shape index (κ2) is 4.97. The lowest BCUT2D eigenvalue weighted by molar-refractivity contribution is 0.488. The van der Waals surface area contributed by atoms with Gasteiger partial charge in [0.15, 0.2) is 0 Å². The Morgan fingerprint density at radius 2 is 1.92 bits per heavy atom. The van der Waals surface area contributed by atoms with Crippen molar-refractivity contribution in [3.63, 3.8) is 0 Å². The van der Waals surface area contributed by atoms with Gasteiger partial charge in [0.1, 0.15) is 0 Å². The number of benzene rings is 1. The average Bonchev–Trinajstić information content (AvgIpc) is 2.15. The molecule has 0 bridgehead atoms. The van der Waals surface area contributed by atoms with Crippen LogP contribution in [0.5, 0.6) is 0 Å². The predicted molar refractivity (Wildman–Crippen MR) is 52.7 cm³/mol. The van der Waals surface area contributed by atoms with Crippen molar-refractivity contribution in [1.29, 1.82) is 0 Å². The maximum atomic E-state index is 11.8. The van der Waals surface area contributed by atoms with Crippen molar-refractivity contribution in [2.45, 2.75) is 11.3 Å². The van der Waals surface area contributed by atoms with Crippen molar-refractivity contribution in [1.82, 2.24) is 0 Å². The normalized spacial score (nSPS) is 12.7. The maximum Gasteiger partial charge on any atom is 0.0903 e. The van der Waals surface area contributed by atoms with Crippen LogP contribution in [0.2, 0.25) is 0 Å². The maximum absolute atomic E-state index is 11.8. The quantitative estimate of drug-likeness (QED) is 0.754. The first-order valence-corrected chi connectivity index (χ1v) is 5.36. The average molecular weight is 201 g/mol. The van der Waals surface area contributed by atoms with Crippen LogP contribution in [0.4, 0.5) is 10.1 Å². The molecule has 0 aliphatic heterocycles. The van der Waals surface area contributed by atoms with Crippen molar-refractivity contribution in [2.24, 2.45) is 0 Å². The van der Waals surface area contributed by atoms with E-state index >= 15 is 0 Å². The molecule has 0 radical (unpaired) electrons. The van der Waals surface area contributed by atoms with E-state index in [1.165, 1.54) is 0 Å². The lowest BCUT2D eigenvalue weighted by Gasteiger charge is -2.00. The van der Waals surface area contributed by atoms with Crippen LogP contribution in [0.3, 0.4) is 0 Å². The molecule has 2 nitrogen and oxygen atoms in total. The first-order valence-electron chi connectivity index (χ1n) is 4.04. The minimum atomic E-state index is -1.09. The Morgan fingerprint density at radius 3 is 2.46 bits per heavy atom. The molecule has 0 spiro atoms. The highest BCUT2D eigenvalue weighted by molar-refractivity contribution is 7.85. The van der Waals surface area contributed by atoms with Crippen molar-refractivity contribution >= 4 is 16.5 Å². The molecule has 0 aliphatic carbocycles. The number of hydrogen-bond acceptors (Lipinski definition) is 2. The van der Waals surface area contributed by atoms with Crippen molar-refractivity contribution in [3.05, 3.63) is 24.3 Å². The van der Waals surface area contributed by atoms with Gasteiger partial charge in [0.25, 0.3) is 0 Å². The van der Waals surface area contributed by atoms with E-state index in [0.29, 0.717) is 22.8 Å². The molecule has 0 aliphatic rings. The van der Waals surface area contributed by atoms with E-state index in [2.05, 4.69) is 0 Å². The number of anilines is 1. The van der Waals surface area contributed by atoms with E-state index in [-0.39, 0.29) is 0 Å². The van der Waals surface area contributed by atoms with Gasteiger partial charge in [-0.1, -0.05) is 0 Å². The monoisotopic (exact) mass is 201 g/mol. The second-order valence-corrected chi connectivity index (χ2v) is 4.23. The van der Waals surface area contributed by atoms with Gasteiger partial charge in [0, 0.05) is 16.3 Å². The van der Waals surface area contributed by atoms with Crippen LogP contribution >= 0.6 is 0 Å². The van der Waals surface area contributed by atoms with Gasteiger partial charge < -0.3 is 5.73 Å². The summed E-state index contributed by atoms with van der Waals surface area (Å²) in [7, 11) is -1.09. The summed E-state index contributed by atoms with van der Waals surface area (Å²) >= 11 is 0. The molecule has 0 saturated heterocycles. The molecule has 0 aromatic heterocycles. The lowest BCUT2D eigenvalue weighted by Crippen LogP contribution is -1.99. The van der Waals surface area contributed by atoms with Gasteiger partial charge in [0.05, 0.1) is 17.5 Å². The summed E-state index contributed by atoms with van der Waals surface area (Å²) in [5.41, 5.74) is 6.11. The zero-order valence-electron chi connectivity index (χ0n) is 7.20.